The lowest BCUT2D eigenvalue weighted by molar-refractivity contribution is 0.00880. The van der Waals surface area contributed by atoms with E-state index in [0.717, 1.165) is 16.5 Å². The summed E-state index contributed by atoms with van der Waals surface area (Å²) < 4.78 is 22.5. The van der Waals surface area contributed by atoms with E-state index in [0.29, 0.717) is 23.2 Å². The highest BCUT2D eigenvalue weighted by Crippen LogP contribution is 2.30. The topological polar surface area (TPSA) is 90.1 Å². The van der Waals surface area contributed by atoms with Crippen molar-refractivity contribution < 1.29 is 23.7 Å². The maximum atomic E-state index is 12.4. The van der Waals surface area contributed by atoms with Gasteiger partial charge in [-0.1, -0.05) is 36.4 Å². The van der Waals surface area contributed by atoms with E-state index < -0.39 is 12.2 Å². The molecule has 3 N–H and O–H groups in total. The van der Waals surface area contributed by atoms with Crippen LogP contribution in [0.4, 0.5) is 16.2 Å². The number of methoxy groups -OCH3 is 1. The molecule has 2 heterocycles. The summed E-state index contributed by atoms with van der Waals surface area (Å²) in [6, 6.07) is 21.0. The fourth-order valence-electron chi connectivity index (χ4n) is 4.31. The lowest BCUT2D eigenvalue weighted by atomic mass is 10.1. The maximum Gasteiger partial charge on any atom is 0.412 e. The average Bonchev–Trinajstić information content (AvgIpc) is 3.43. The van der Waals surface area contributed by atoms with Crippen molar-refractivity contribution in [2.24, 2.45) is 0 Å². The van der Waals surface area contributed by atoms with Gasteiger partial charge in [-0.15, -0.1) is 0 Å². The van der Waals surface area contributed by atoms with E-state index in [1.165, 1.54) is 0 Å². The van der Waals surface area contributed by atoms with E-state index in [2.05, 4.69) is 28.1 Å². The van der Waals surface area contributed by atoms with Crippen LogP contribution in [0.5, 0.6) is 5.75 Å². The van der Waals surface area contributed by atoms with Crippen molar-refractivity contribution >= 4 is 45.6 Å². The second kappa shape index (κ2) is 9.84. The van der Waals surface area contributed by atoms with Crippen LogP contribution in [-0.2, 0) is 14.2 Å². The highest BCUT2D eigenvalue weighted by atomic mass is 32.1. The Morgan fingerprint density at radius 3 is 2.53 bits per heavy atom. The van der Waals surface area contributed by atoms with E-state index in [9.17, 15) is 4.79 Å². The highest BCUT2D eigenvalue weighted by Gasteiger charge is 2.49. The van der Waals surface area contributed by atoms with Gasteiger partial charge in [0.2, 0.25) is 0 Å². The standard InChI is InChI=1S/C25H25N3O5S/c1-30-17-11-9-16(10-12-17)26-25(29)33-21-14-32-22-20(13-31-23(21)22)28-24(34)27-19-8-4-6-15-5-2-3-7-18(15)19/h2-12,20-23H,13-14H2,1H3,(H,26,29)(H2,27,28,34)/t20-,21+,22+,23+/m0/s1. The number of benzene rings is 3. The molecule has 0 radical (unpaired) electrons. The predicted molar refractivity (Wildman–Crippen MR) is 133 cm³/mol. The summed E-state index contributed by atoms with van der Waals surface area (Å²) in [4.78, 5) is 12.4. The molecular weight excluding hydrogens is 454 g/mol. The number of amides is 1. The molecule has 2 fully saturated rings. The van der Waals surface area contributed by atoms with Crippen molar-refractivity contribution in [3.8, 4) is 5.75 Å². The molecule has 4 atom stereocenters. The lowest BCUT2D eigenvalue weighted by Crippen LogP contribution is -2.46. The fourth-order valence-corrected chi connectivity index (χ4v) is 4.57. The van der Waals surface area contributed by atoms with Crippen molar-refractivity contribution in [2.45, 2.75) is 24.4 Å². The molecule has 0 bridgehead atoms. The molecule has 0 spiro atoms. The Kier molecular flexibility index (Phi) is 6.48. The van der Waals surface area contributed by atoms with Crippen LogP contribution in [0.3, 0.4) is 0 Å². The molecule has 3 aromatic rings. The molecule has 1 amide bonds. The van der Waals surface area contributed by atoms with E-state index >= 15 is 0 Å². The molecule has 9 heteroatoms. The van der Waals surface area contributed by atoms with Crippen molar-refractivity contribution in [1.29, 1.82) is 0 Å². The first-order valence-corrected chi connectivity index (χ1v) is 11.4. The number of anilines is 2. The number of rotatable bonds is 5. The van der Waals surface area contributed by atoms with Gasteiger partial charge < -0.3 is 29.6 Å². The van der Waals surface area contributed by atoms with E-state index in [1.54, 1.807) is 31.4 Å². The molecule has 0 saturated carbocycles. The van der Waals surface area contributed by atoms with Gasteiger partial charge in [-0.3, -0.25) is 5.32 Å². The average molecular weight is 480 g/mol. The Labute approximate surface area is 202 Å². The summed E-state index contributed by atoms with van der Waals surface area (Å²) in [5, 5.41) is 12.0. The van der Waals surface area contributed by atoms with E-state index in [4.69, 9.17) is 31.2 Å². The Hall–Kier alpha value is -3.40. The van der Waals surface area contributed by atoms with Crippen molar-refractivity contribution in [2.75, 3.05) is 31.0 Å². The van der Waals surface area contributed by atoms with Crippen LogP contribution in [0.1, 0.15) is 0 Å². The third-order valence-electron chi connectivity index (χ3n) is 5.96. The first kappa shape index (κ1) is 22.4. The first-order chi connectivity index (χ1) is 16.6. The first-order valence-electron chi connectivity index (χ1n) is 11.0. The normalized spacial score (nSPS) is 23.2. The largest absolute Gasteiger partial charge is 0.497 e. The summed E-state index contributed by atoms with van der Waals surface area (Å²) in [6.07, 6.45) is -1.70. The van der Waals surface area contributed by atoms with Crippen LogP contribution in [0.15, 0.2) is 66.7 Å². The monoisotopic (exact) mass is 479 g/mol. The molecule has 2 aliphatic heterocycles. The van der Waals surface area contributed by atoms with Gasteiger partial charge in [-0.2, -0.15) is 0 Å². The minimum absolute atomic E-state index is 0.154. The molecule has 176 valence electrons. The SMILES string of the molecule is COc1ccc(NC(=O)O[C@@H]2CO[C@H]3[C@@H]2OC[C@@H]3NC(=S)Nc2cccc3ccccc23)cc1. The Balaban J connectivity index is 1.15. The van der Waals surface area contributed by atoms with Crippen LogP contribution < -0.4 is 20.7 Å². The third kappa shape index (κ3) is 4.77. The van der Waals surface area contributed by atoms with Gasteiger partial charge >= 0.3 is 6.09 Å². The number of thiocarbonyl (C=S) groups is 1. The van der Waals surface area contributed by atoms with Gasteiger partial charge in [-0.05, 0) is 47.9 Å². The van der Waals surface area contributed by atoms with Crippen molar-refractivity contribution in [3.05, 3.63) is 66.7 Å². The smallest absolute Gasteiger partial charge is 0.412 e. The number of nitrogens with one attached hydrogen (secondary N) is 3. The van der Waals surface area contributed by atoms with Gasteiger partial charge in [-0.25, -0.2) is 4.79 Å². The summed E-state index contributed by atoms with van der Waals surface area (Å²) in [5.74, 6) is 0.705. The van der Waals surface area contributed by atoms with Gasteiger partial charge in [0, 0.05) is 16.8 Å². The van der Waals surface area contributed by atoms with Gasteiger partial charge in [0.05, 0.1) is 26.4 Å². The van der Waals surface area contributed by atoms with Gasteiger partial charge in [0.25, 0.3) is 0 Å². The van der Waals surface area contributed by atoms with Gasteiger partial charge in [0.1, 0.15) is 18.0 Å². The van der Waals surface area contributed by atoms with Crippen LogP contribution >= 0.6 is 12.2 Å². The zero-order valence-corrected chi connectivity index (χ0v) is 19.3. The second-order valence-corrected chi connectivity index (χ2v) is 8.53. The highest BCUT2D eigenvalue weighted by molar-refractivity contribution is 7.80. The molecule has 0 aliphatic carbocycles. The summed E-state index contributed by atoms with van der Waals surface area (Å²) in [7, 11) is 1.59. The van der Waals surface area contributed by atoms with Crippen LogP contribution in [0.25, 0.3) is 10.8 Å². The molecule has 2 aliphatic rings. The molecule has 34 heavy (non-hydrogen) atoms. The van der Waals surface area contributed by atoms with E-state index in [-0.39, 0.29) is 24.9 Å². The zero-order valence-electron chi connectivity index (χ0n) is 18.5. The molecule has 5 rings (SSSR count). The Bertz CT molecular complexity index is 1180. The number of carbonyl (C=O) groups is 1. The lowest BCUT2D eigenvalue weighted by Gasteiger charge is -2.20. The van der Waals surface area contributed by atoms with Crippen LogP contribution in [0.2, 0.25) is 0 Å². The molecule has 8 nitrogen and oxygen atoms in total. The number of hydrogen-bond donors (Lipinski definition) is 3. The molecule has 0 unspecified atom stereocenters. The van der Waals surface area contributed by atoms with Crippen molar-refractivity contribution in [1.82, 2.24) is 5.32 Å². The minimum atomic E-state index is -0.562. The summed E-state index contributed by atoms with van der Waals surface area (Å²) >= 11 is 5.55. The Morgan fingerprint density at radius 2 is 1.71 bits per heavy atom. The number of ether oxygens (including phenoxy) is 4. The molecule has 3 aromatic carbocycles. The number of hydrogen-bond acceptors (Lipinski definition) is 6. The third-order valence-corrected chi connectivity index (χ3v) is 6.18. The van der Waals surface area contributed by atoms with Crippen LogP contribution in [-0.4, -0.2) is 55.9 Å². The quantitative estimate of drug-likeness (QED) is 0.475. The zero-order chi connectivity index (χ0) is 23.5. The number of carbonyl (C=O) groups excluding carboxylic acids is 1. The molecular formula is C25H25N3O5S. The van der Waals surface area contributed by atoms with Crippen molar-refractivity contribution in [3.63, 3.8) is 0 Å². The molecule has 2 saturated heterocycles. The van der Waals surface area contributed by atoms with E-state index in [1.807, 2.05) is 30.3 Å². The Morgan fingerprint density at radius 1 is 0.941 bits per heavy atom. The van der Waals surface area contributed by atoms with Crippen LogP contribution in [0, 0.1) is 0 Å². The fraction of sp³-hybridized carbons (Fsp3) is 0.280. The number of fused-ring (bicyclic) bond motifs is 2. The second-order valence-electron chi connectivity index (χ2n) is 8.12. The predicted octanol–water partition coefficient (Wildman–Crippen LogP) is 3.92. The summed E-state index contributed by atoms with van der Waals surface area (Å²) in [5.41, 5.74) is 1.54. The summed E-state index contributed by atoms with van der Waals surface area (Å²) in [6.45, 7) is 0.652. The molecule has 0 aromatic heterocycles. The minimum Gasteiger partial charge on any atom is -0.497 e. The maximum absolute atomic E-state index is 12.4. The van der Waals surface area contributed by atoms with Gasteiger partial charge in [0.15, 0.2) is 11.2 Å².